The zero-order valence-electron chi connectivity index (χ0n) is 14.4. The molecule has 3 nitrogen and oxygen atoms in total. The fourth-order valence-corrected chi connectivity index (χ4v) is 3.21. The number of nitrogens with one attached hydrogen (secondary N) is 3. The molecule has 0 radical (unpaired) electrons. The SMILES string of the molecule is Cc1ccc2[nH]c(C)c(CCNC(=S)Nc3ccccc3C)c2c1. The van der Waals surface area contributed by atoms with Crippen molar-refractivity contribution in [3.05, 3.63) is 64.8 Å². The van der Waals surface area contributed by atoms with Crippen molar-refractivity contribution in [3.8, 4) is 0 Å². The summed E-state index contributed by atoms with van der Waals surface area (Å²) in [7, 11) is 0. The van der Waals surface area contributed by atoms with Gasteiger partial charge in [-0.2, -0.15) is 0 Å². The molecule has 0 saturated carbocycles. The van der Waals surface area contributed by atoms with Gasteiger partial charge < -0.3 is 15.6 Å². The lowest BCUT2D eigenvalue weighted by Crippen LogP contribution is -2.30. The molecule has 1 heterocycles. The molecular formula is C20H23N3S. The Bertz CT molecular complexity index is 880. The Morgan fingerprint density at radius 2 is 1.88 bits per heavy atom. The number of aryl methyl sites for hydroxylation is 3. The van der Waals surface area contributed by atoms with Crippen LogP contribution in [0.4, 0.5) is 5.69 Å². The molecule has 0 saturated heterocycles. The first-order valence-electron chi connectivity index (χ1n) is 8.23. The van der Waals surface area contributed by atoms with Gasteiger partial charge in [0.15, 0.2) is 5.11 Å². The molecule has 3 rings (SSSR count). The number of hydrogen-bond acceptors (Lipinski definition) is 1. The fourth-order valence-electron chi connectivity index (χ4n) is 3.00. The van der Waals surface area contributed by atoms with Gasteiger partial charge in [0, 0.05) is 28.8 Å². The summed E-state index contributed by atoms with van der Waals surface area (Å²) in [5, 5.41) is 8.55. The molecule has 0 bridgehead atoms. The Labute approximate surface area is 148 Å². The molecule has 3 aromatic rings. The molecule has 0 fully saturated rings. The Balaban J connectivity index is 1.62. The Kier molecular flexibility index (Phi) is 4.86. The van der Waals surface area contributed by atoms with E-state index < -0.39 is 0 Å². The second-order valence-electron chi connectivity index (χ2n) is 6.22. The van der Waals surface area contributed by atoms with Crippen molar-refractivity contribution in [1.82, 2.24) is 10.3 Å². The lowest BCUT2D eigenvalue weighted by atomic mass is 10.1. The second-order valence-corrected chi connectivity index (χ2v) is 6.63. The molecule has 2 aromatic carbocycles. The molecular weight excluding hydrogens is 314 g/mol. The van der Waals surface area contributed by atoms with E-state index in [1.807, 2.05) is 18.2 Å². The van der Waals surface area contributed by atoms with Gasteiger partial charge >= 0.3 is 0 Å². The first-order valence-corrected chi connectivity index (χ1v) is 8.63. The van der Waals surface area contributed by atoms with Crippen LogP contribution in [-0.4, -0.2) is 16.6 Å². The van der Waals surface area contributed by atoms with Crippen molar-refractivity contribution in [2.24, 2.45) is 0 Å². The summed E-state index contributed by atoms with van der Waals surface area (Å²) in [5.74, 6) is 0. The Morgan fingerprint density at radius 1 is 1.08 bits per heavy atom. The van der Waals surface area contributed by atoms with E-state index in [1.165, 1.54) is 33.3 Å². The molecule has 124 valence electrons. The van der Waals surface area contributed by atoms with Crippen LogP contribution in [0.5, 0.6) is 0 Å². The van der Waals surface area contributed by atoms with Crippen molar-refractivity contribution < 1.29 is 0 Å². The molecule has 0 aliphatic heterocycles. The Hall–Kier alpha value is -2.33. The van der Waals surface area contributed by atoms with Crippen molar-refractivity contribution >= 4 is 33.9 Å². The normalized spacial score (nSPS) is 10.8. The van der Waals surface area contributed by atoms with Gasteiger partial charge in [-0.1, -0.05) is 29.8 Å². The highest BCUT2D eigenvalue weighted by atomic mass is 32.1. The van der Waals surface area contributed by atoms with Crippen LogP contribution in [0.25, 0.3) is 10.9 Å². The molecule has 0 unspecified atom stereocenters. The number of aromatic nitrogens is 1. The number of hydrogen-bond donors (Lipinski definition) is 3. The van der Waals surface area contributed by atoms with E-state index >= 15 is 0 Å². The highest BCUT2D eigenvalue weighted by Gasteiger charge is 2.08. The van der Waals surface area contributed by atoms with Gasteiger partial charge in [-0.25, -0.2) is 0 Å². The number of benzene rings is 2. The average molecular weight is 337 g/mol. The summed E-state index contributed by atoms with van der Waals surface area (Å²) in [6, 6.07) is 14.7. The summed E-state index contributed by atoms with van der Waals surface area (Å²) in [4.78, 5) is 3.46. The topological polar surface area (TPSA) is 39.9 Å². The summed E-state index contributed by atoms with van der Waals surface area (Å²) >= 11 is 5.41. The third-order valence-electron chi connectivity index (χ3n) is 4.33. The molecule has 0 aliphatic rings. The molecule has 3 N–H and O–H groups in total. The van der Waals surface area contributed by atoms with Crippen molar-refractivity contribution in [1.29, 1.82) is 0 Å². The number of H-pyrrole nitrogens is 1. The van der Waals surface area contributed by atoms with Gasteiger partial charge in [-0.15, -0.1) is 0 Å². The van der Waals surface area contributed by atoms with Crippen molar-refractivity contribution in [2.75, 3.05) is 11.9 Å². The van der Waals surface area contributed by atoms with E-state index in [0.717, 1.165) is 18.7 Å². The van der Waals surface area contributed by atoms with E-state index in [1.54, 1.807) is 0 Å². The first-order chi connectivity index (χ1) is 11.5. The number of anilines is 1. The van der Waals surface area contributed by atoms with Crippen LogP contribution < -0.4 is 10.6 Å². The standard InChI is InChI=1S/C20H23N3S/c1-13-8-9-19-17(12-13)16(15(3)22-19)10-11-21-20(24)23-18-7-5-4-6-14(18)2/h4-9,12,22H,10-11H2,1-3H3,(H2,21,23,24). The molecule has 0 spiro atoms. The zero-order chi connectivity index (χ0) is 17.1. The smallest absolute Gasteiger partial charge is 0.170 e. The minimum Gasteiger partial charge on any atom is -0.362 e. The van der Waals surface area contributed by atoms with E-state index in [4.69, 9.17) is 12.2 Å². The van der Waals surface area contributed by atoms with Crippen LogP contribution in [0, 0.1) is 20.8 Å². The van der Waals surface area contributed by atoms with Crippen LogP contribution in [0.2, 0.25) is 0 Å². The highest BCUT2D eigenvalue weighted by Crippen LogP contribution is 2.23. The van der Waals surface area contributed by atoms with Gasteiger partial charge in [0.25, 0.3) is 0 Å². The molecule has 0 aliphatic carbocycles. The quantitative estimate of drug-likeness (QED) is 0.608. The molecule has 4 heteroatoms. The van der Waals surface area contributed by atoms with Crippen LogP contribution in [0.15, 0.2) is 42.5 Å². The minimum absolute atomic E-state index is 0.665. The molecule has 24 heavy (non-hydrogen) atoms. The van der Waals surface area contributed by atoms with Gasteiger partial charge in [0.1, 0.15) is 0 Å². The maximum atomic E-state index is 5.41. The van der Waals surface area contributed by atoms with E-state index in [0.29, 0.717) is 5.11 Å². The largest absolute Gasteiger partial charge is 0.362 e. The summed E-state index contributed by atoms with van der Waals surface area (Å²) < 4.78 is 0. The third-order valence-corrected chi connectivity index (χ3v) is 4.58. The third kappa shape index (κ3) is 3.60. The number of thiocarbonyl (C=S) groups is 1. The number of rotatable bonds is 4. The summed E-state index contributed by atoms with van der Waals surface area (Å²) in [6.45, 7) is 7.14. The monoisotopic (exact) mass is 337 g/mol. The van der Waals surface area contributed by atoms with Crippen LogP contribution in [0.3, 0.4) is 0 Å². The van der Waals surface area contributed by atoms with Gasteiger partial charge in [-0.05, 0) is 68.7 Å². The van der Waals surface area contributed by atoms with Crippen LogP contribution >= 0.6 is 12.2 Å². The van der Waals surface area contributed by atoms with Crippen molar-refractivity contribution in [3.63, 3.8) is 0 Å². The predicted molar refractivity (Wildman–Crippen MR) is 107 cm³/mol. The average Bonchev–Trinajstić information content (AvgIpc) is 2.85. The van der Waals surface area contributed by atoms with E-state index in [-0.39, 0.29) is 0 Å². The minimum atomic E-state index is 0.665. The molecule has 0 amide bonds. The lowest BCUT2D eigenvalue weighted by molar-refractivity contribution is 0.871. The van der Waals surface area contributed by atoms with E-state index in [9.17, 15) is 0 Å². The highest BCUT2D eigenvalue weighted by molar-refractivity contribution is 7.80. The fraction of sp³-hybridized carbons (Fsp3) is 0.250. The van der Waals surface area contributed by atoms with Crippen molar-refractivity contribution in [2.45, 2.75) is 27.2 Å². The predicted octanol–water partition coefficient (Wildman–Crippen LogP) is 4.62. The number of fused-ring (bicyclic) bond motifs is 1. The van der Waals surface area contributed by atoms with E-state index in [2.05, 4.69) is 60.7 Å². The summed E-state index contributed by atoms with van der Waals surface area (Å²) in [6.07, 6.45) is 0.935. The molecule has 1 aromatic heterocycles. The number of para-hydroxylation sites is 1. The van der Waals surface area contributed by atoms with Gasteiger partial charge in [0.05, 0.1) is 0 Å². The first kappa shape index (κ1) is 16.5. The van der Waals surface area contributed by atoms with Gasteiger partial charge in [0.2, 0.25) is 0 Å². The summed E-state index contributed by atoms with van der Waals surface area (Å²) in [5.41, 5.74) is 7.31. The zero-order valence-corrected chi connectivity index (χ0v) is 15.2. The second kappa shape index (κ2) is 7.05. The van der Waals surface area contributed by atoms with Gasteiger partial charge in [-0.3, -0.25) is 0 Å². The lowest BCUT2D eigenvalue weighted by Gasteiger charge is -2.12. The molecule has 0 atom stereocenters. The number of aromatic amines is 1. The van der Waals surface area contributed by atoms with Crippen LogP contribution in [-0.2, 0) is 6.42 Å². The Morgan fingerprint density at radius 3 is 2.67 bits per heavy atom. The maximum absolute atomic E-state index is 5.41. The van der Waals surface area contributed by atoms with Crippen LogP contribution in [0.1, 0.15) is 22.4 Å². The maximum Gasteiger partial charge on any atom is 0.170 e.